The molecule has 2 fully saturated rings. The molecule has 2 amide bonds. The second-order valence-corrected chi connectivity index (χ2v) is 6.81. The van der Waals surface area contributed by atoms with Gasteiger partial charge in [0, 0.05) is 6.20 Å². The number of rotatable bonds is 1. The van der Waals surface area contributed by atoms with Crippen LogP contribution in [0, 0.1) is 23.2 Å². The fourth-order valence-corrected chi connectivity index (χ4v) is 4.54. The molecule has 0 radical (unpaired) electrons. The average Bonchev–Trinajstić information content (AvgIpc) is 3.15. The zero-order chi connectivity index (χ0) is 17.8. The number of hydrogen-bond acceptors (Lipinski definition) is 4. The molecule has 5 nitrogen and oxygen atoms in total. The van der Waals surface area contributed by atoms with Crippen molar-refractivity contribution in [1.82, 2.24) is 4.90 Å². The van der Waals surface area contributed by atoms with Gasteiger partial charge in [0.15, 0.2) is 0 Å². The third kappa shape index (κ3) is 1.79. The molecule has 126 valence electrons. The maximum Gasteiger partial charge on any atom is 0.240 e. The number of benzene rings is 2. The number of nitriles is 1. The lowest BCUT2D eigenvalue weighted by atomic mass is 9.85. The van der Waals surface area contributed by atoms with E-state index < -0.39 is 17.9 Å². The topological polar surface area (TPSA) is 64.4 Å². The molecule has 0 saturated carbocycles. The summed E-state index contributed by atoms with van der Waals surface area (Å²) in [6.45, 7) is 0. The smallest absolute Gasteiger partial charge is 0.240 e. The summed E-state index contributed by atoms with van der Waals surface area (Å²) in [5.74, 6) is -1.69. The fourth-order valence-electron chi connectivity index (χ4n) is 4.54. The molecule has 3 aliphatic rings. The van der Waals surface area contributed by atoms with Crippen molar-refractivity contribution in [2.45, 2.75) is 12.1 Å². The number of carbonyl (C=O) groups is 2. The zero-order valence-corrected chi connectivity index (χ0v) is 13.8. The Balaban J connectivity index is 1.65. The lowest BCUT2D eigenvalue weighted by molar-refractivity contribution is -0.123. The standard InChI is InChI=1S/C21H15N3O2/c22-12-16-17-18(19-15-9-5-4-6-13(15)10-11-23(16)19)21(26)24(20(17)25)14-7-2-1-3-8-14/h1-11,16-19H/t16-,17+,18+,19-/m0/s1. The minimum atomic E-state index is -0.645. The Bertz CT molecular complexity index is 992. The van der Waals surface area contributed by atoms with E-state index in [1.807, 2.05) is 47.5 Å². The Kier molecular flexibility index (Phi) is 3.04. The Hall–Kier alpha value is -3.39. The molecule has 2 aromatic rings. The number of fused-ring (bicyclic) bond motifs is 5. The number of imide groups is 1. The van der Waals surface area contributed by atoms with E-state index >= 15 is 0 Å². The maximum atomic E-state index is 13.3. The van der Waals surface area contributed by atoms with E-state index in [1.165, 1.54) is 4.90 Å². The van der Waals surface area contributed by atoms with Crippen molar-refractivity contribution >= 4 is 23.6 Å². The number of carbonyl (C=O) groups excluding carboxylic acids is 2. The normalized spacial score (nSPS) is 28.6. The number of nitrogens with zero attached hydrogens (tertiary/aromatic N) is 3. The van der Waals surface area contributed by atoms with Gasteiger partial charge in [-0.2, -0.15) is 5.26 Å². The van der Waals surface area contributed by atoms with E-state index in [1.54, 1.807) is 24.3 Å². The first-order valence-electron chi connectivity index (χ1n) is 8.59. The van der Waals surface area contributed by atoms with Crippen molar-refractivity contribution in [2.24, 2.45) is 11.8 Å². The van der Waals surface area contributed by atoms with Crippen LogP contribution in [0.1, 0.15) is 17.2 Å². The highest BCUT2D eigenvalue weighted by atomic mass is 16.2. The first-order valence-corrected chi connectivity index (χ1v) is 8.59. The summed E-state index contributed by atoms with van der Waals surface area (Å²) in [5, 5.41) is 9.75. The first kappa shape index (κ1) is 14.9. The van der Waals surface area contributed by atoms with Gasteiger partial charge in [-0.1, -0.05) is 42.5 Å². The van der Waals surface area contributed by atoms with Crippen molar-refractivity contribution < 1.29 is 9.59 Å². The van der Waals surface area contributed by atoms with Crippen LogP contribution in [0.2, 0.25) is 0 Å². The van der Waals surface area contributed by atoms with Crippen molar-refractivity contribution in [3.05, 3.63) is 71.9 Å². The molecule has 5 rings (SSSR count). The van der Waals surface area contributed by atoms with Gasteiger partial charge in [0.2, 0.25) is 11.8 Å². The minimum absolute atomic E-state index is 0.218. The Morgan fingerprint density at radius 1 is 0.885 bits per heavy atom. The van der Waals surface area contributed by atoms with Crippen molar-refractivity contribution in [3.63, 3.8) is 0 Å². The molecule has 2 aromatic carbocycles. The largest absolute Gasteiger partial charge is 0.353 e. The van der Waals surface area contributed by atoms with Gasteiger partial charge in [-0.25, -0.2) is 4.90 Å². The van der Waals surface area contributed by atoms with E-state index in [4.69, 9.17) is 0 Å². The van der Waals surface area contributed by atoms with Crippen molar-refractivity contribution in [3.8, 4) is 6.07 Å². The van der Waals surface area contributed by atoms with Gasteiger partial charge in [-0.05, 0) is 29.3 Å². The van der Waals surface area contributed by atoms with Crippen LogP contribution in [0.15, 0.2) is 60.8 Å². The summed E-state index contributed by atoms with van der Waals surface area (Å²) in [6, 6.07) is 18.2. The van der Waals surface area contributed by atoms with Crippen LogP contribution in [-0.4, -0.2) is 22.8 Å². The molecule has 0 bridgehead atoms. The fraction of sp³-hybridized carbons (Fsp3) is 0.190. The maximum absolute atomic E-state index is 13.3. The summed E-state index contributed by atoms with van der Waals surface area (Å²) in [5.41, 5.74) is 2.60. The predicted molar refractivity (Wildman–Crippen MR) is 95.4 cm³/mol. The molecule has 26 heavy (non-hydrogen) atoms. The number of amides is 2. The van der Waals surface area contributed by atoms with E-state index in [-0.39, 0.29) is 17.9 Å². The van der Waals surface area contributed by atoms with Gasteiger partial charge in [0.25, 0.3) is 0 Å². The van der Waals surface area contributed by atoms with Gasteiger partial charge in [-0.3, -0.25) is 9.59 Å². The number of anilines is 1. The Morgan fingerprint density at radius 2 is 1.58 bits per heavy atom. The molecule has 0 spiro atoms. The van der Waals surface area contributed by atoms with E-state index in [0.29, 0.717) is 5.69 Å². The second-order valence-electron chi connectivity index (χ2n) is 6.81. The lowest BCUT2D eigenvalue weighted by Crippen LogP contribution is -2.40. The molecule has 5 heteroatoms. The molecule has 0 aromatic heterocycles. The summed E-state index contributed by atoms with van der Waals surface area (Å²) in [6.07, 6.45) is 3.80. The molecule has 3 aliphatic heterocycles. The third-order valence-electron chi connectivity index (χ3n) is 5.61. The molecule has 2 saturated heterocycles. The highest BCUT2D eigenvalue weighted by molar-refractivity contribution is 6.23. The third-order valence-corrected chi connectivity index (χ3v) is 5.61. The molecular formula is C21H15N3O2. The highest BCUT2D eigenvalue weighted by Gasteiger charge is 2.63. The van der Waals surface area contributed by atoms with Crippen LogP contribution in [0.5, 0.6) is 0 Å². The van der Waals surface area contributed by atoms with Gasteiger partial charge >= 0.3 is 0 Å². The zero-order valence-electron chi connectivity index (χ0n) is 13.8. The predicted octanol–water partition coefficient (Wildman–Crippen LogP) is 2.73. The van der Waals surface area contributed by atoms with E-state index in [2.05, 4.69) is 6.07 Å². The number of hydrogen-bond donors (Lipinski definition) is 0. The van der Waals surface area contributed by atoms with Crippen LogP contribution in [0.3, 0.4) is 0 Å². The minimum Gasteiger partial charge on any atom is -0.353 e. The molecule has 4 atom stereocenters. The van der Waals surface area contributed by atoms with Gasteiger partial charge in [0.05, 0.1) is 29.6 Å². The Morgan fingerprint density at radius 3 is 2.35 bits per heavy atom. The van der Waals surface area contributed by atoms with Crippen LogP contribution in [0.25, 0.3) is 6.08 Å². The number of para-hydroxylation sites is 1. The lowest BCUT2D eigenvalue weighted by Gasteiger charge is -2.33. The van der Waals surface area contributed by atoms with Crippen LogP contribution in [-0.2, 0) is 9.59 Å². The molecule has 0 aliphatic carbocycles. The van der Waals surface area contributed by atoms with Crippen LogP contribution < -0.4 is 4.90 Å². The van der Waals surface area contributed by atoms with Crippen molar-refractivity contribution in [2.75, 3.05) is 4.90 Å². The monoisotopic (exact) mass is 341 g/mol. The molecule has 0 unspecified atom stereocenters. The molecule has 0 N–H and O–H groups in total. The first-order chi connectivity index (χ1) is 12.7. The summed E-state index contributed by atoms with van der Waals surface area (Å²) >= 11 is 0. The second kappa shape index (κ2) is 5.30. The highest BCUT2D eigenvalue weighted by Crippen LogP contribution is 2.52. The van der Waals surface area contributed by atoms with E-state index in [9.17, 15) is 14.9 Å². The summed E-state index contributed by atoms with van der Waals surface area (Å²) in [4.78, 5) is 29.5. The summed E-state index contributed by atoms with van der Waals surface area (Å²) < 4.78 is 0. The summed E-state index contributed by atoms with van der Waals surface area (Å²) in [7, 11) is 0. The van der Waals surface area contributed by atoms with Crippen molar-refractivity contribution in [1.29, 1.82) is 5.26 Å². The van der Waals surface area contributed by atoms with Gasteiger partial charge < -0.3 is 4.90 Å². The quantitative estimate of drug-likeness (QED) is 0.748. The Labute approximate surface area is 150 Å². The van der Waals surface area contributed by atoms with Crippen LogP contribution >= 0.6 is 0 Å². The molecular weight excluding hydrogens is 326 g/mol. The van der Waals surface area contributed by atoms with E-state index in [0.717, 1.165) is 11.1 Å². The van der Waals surface area contributed by atoms with Crippen LogP contribution in [0.4, 0.5) is 5.69 Å². The molecule has 3 heterocycles. The SMILES string of the molecule is N#C[C@H]1[C@H]2C(=O)N(c3ccccc3)C(=O)[C@H]2[C@@H]2c3ccccc3C=CN12. The average molecular weight is 341 g/mol. The van der Waals surface area contributed by atoms with Gasteiger partial charge in [-0.15, -0.1) is 0 Å². The van der Waals surface area contributed by atoms with Gasteiger partial charge in [0.1, 0.15) is 6.04 Å².